The molecule has 1 aliphatic carbocycles. The molecule has 7 rings (SSSR count). The molecule has 0 spiro atoms. The normalized spacial score (nSPS) is 15.6. The Kier molecular flexibility index (Phi) is 12.5. The summed E-state index contributed by atoms with van der Waals surface area (Å²) < 4.78 is 6.69. The van der Waals surface area contributed by atoms with E-state index in [2.05, 4.69) is 115 Å². The van der Waals surface area contributed by atoms with Crippen LogP contribution in [0.1, 0.15) is 145 Å². The van der Waals surface area contributed by atoms with E-state index in [9.17, 15) is 9.90 Å². The first-order valence-electron chi connectivity index (χ1n) is 20.9. The quantitative estimate of drug-likeness (QED) is 0.0938. The second-order valence-corrected chi connectivity index (χ2v) is 19.3. The zero-order valence-corrected chi connectivity index (χ0v) is 39.1. The van der Waals surface area contributed by atoms with Crippen LogP contribution in [0, 0.1) is 16.9 Å². The van der Waals surface area contributed by atoms with E-state index >= 15 is 0 Å². The SMILES string of the molecule is CC(C)(C)c1cc(-c2nccc3c2ccc2c4cc5c(cc4oc32)C(C)(C)CCC5(C)C)[c-]c2ccccc12.CCC(C)(CC)C(=O)/C=C(\O)C(C)(CC)CC.[Ir]. The fourth-order valence-corrected chi connectivity index (χ4v) is 8.42. The van der Waals surface area contributed by atoms with Gasteiger partial charge >= 0.3 is 0 Å². The third-order valence-corrected chi connectivity index (χ3v) is 13.8. The maximum absolute atomic E-state index is 12.2. The van der Waals surface area contributed by atoms with E-state index in [0.717, 1.165) is 64.3 Å². The van der Waals surface area contributed by atoms with Crippen LogP contribution in [0.4, 0.5) is 0 Å². The number of benzene rings is 4. The van der Waals surface area contributed by atoms with Crippen LogP contribution >= 0.6 is 0 Å². The molecule has 6 aromatic rings. The number of furan rings is 1. The maximum Gasteiger partial charge on any atom is 0.164 e. The number of allylic oxidation sites excluding steroid dienone is 2. The zero-order valence-electron chi connectivity index (χ0n) is 36.7. The Morgan fingerprint density at radius 3 is 1.91 bits per heavy atom. The molecular formula is C52H64IrNO3-. The summed E-state index contributed by atoms with van der Waals surface area (Å²) in [6, 6.07) is 25.8. The van der Waals surface area contributed by atoms with E-state index in [1.165, 1.54) is 51.8 Å². The third kappa shape index (κ3) is 8.13. The largest absolute Gasteiger partial charge is 0.512 e. The predicted octanol–water partition coefficient (Wildman–Crippen LogP) is 15.0. The first kappa shape index (κ1) is 44.3. The van der Waals surface area contributed by atoms with Gasteiger partial charge in [0.25, 0.3) is 0 Å². The van der Waals surface area contributed by atoms with Gasteiger partial charge in [-0.05, 0) is 89.5 Å². The van der Waals surface area contributed by atoms with Crippen molar-refractivity contribution in [2.24, 2.45) is 10.8 Å². The van der Waals surface area contributed by atoms with Crippen LogP contribution in [-0.2, 0) is 41.1 Å². The Morgan fingerprint density at radius 2 is 1.32 bits per heavy atom. The van der Waals surface area contributed by atoms with Crippen LogP contribution in [0.3, 0.4) is 0 Å². The van der Waals surface area contributed by atoms with Crippen molar-refractivity contribution in [1.29, 1.82) is 0 Å². The molecule has 0 unspecified atom stereocenters. The molecule has 0 saturated carbocycles. The van der Waals surface area contributed by atoms with Crippen LogP contribution in [0.2, 0.25) is 0 Å². The van der Waals surface area contributed by atoms with E-state index in [4.69, 9.17) is 9.40 Å². The van der Waals surface area contributed by atoms with Crippen LogP contribution in [-0.4, -0.2) is 15.9 Å². The van der Waals surface area contributed by atoms with Gasteiger partial charge in [0.15, 0.2) is 5.78 Å². The number of pyridine rings is 1. The number of ketones is 1. The maximum atomic E-state index is 12.2. The van der Waals surface area contributed by atoms with Crippen LogP contribution < -0.4 is 0 Å². The van der Waals surface area contributed by atoms with Gasteiger partial charge in [0.2, 0.25) is 0 Å². The molecule has 1 N–H and O–H groups in total. The number of carbonyl (C=O) groups excluding carboxylic acids is 1. The predicted molar refractivity (Wildman–Crippen MR) is 238 cm³/mol. The molecule has 0 bridgehead atoms. The molecule has 4 nitrogen and oxygen atoms in total. The monoisotopic (exact) mass is 943 g/mol. The molecule has 4 aromatic carbocycles. The molecule has 1 aliphatic rings. The molecule has 0 aliphatic heterocycles. The number of aromatic nitrogens is 1. The van der Waals surface area contributed by atoms with Crippen molar-refractivity contribution in [1.82, 2.24) is 4.98 Å². The third-order valence-electron chi connectivity index (χ3n) is 13.8. The van der Waals surface area contributed by atoms with Gasteiger partial charge in [-0.15, -0.1) is 29.1 Å². The first-order valence-corrected chi connectivity index (χ1v) is 20.9. The number of aliphatic hydroxyl groups is 1. The smallest absolute Gasteiger partial charge is 0.164 e. The molecular weight excluding hydrogens is 879 g/mol. The van der Waals surface area contributed by atoms with Gasteiger partial charge in [-0.25, -0.2) is 0 Å². The van der Waals surface area contributed by atoms with Crippen LogP contribution in [0.25, 0.3) is 54.7 Å². The minimum Gasteiger partial charge on any atom is -0.512 e. The zero-order chi connectivity index (χ0) is 41.0. The molecule has 0 amide bonds. The van der Waals surface area contributed by atoms with Crippen molar-refractivity contribution in [2.75, 3.05) is 0 Å². The number of hydrogen-bond acceptors (Lipinski definition) is 4. The summed E-state index contributed by atoms with van der Waals surface area (Å²) in [4.78, 5) is 17.1. The molecule has 2 heterocycles. The topological polar surface area (TPSA) is 63.3 Å². The molecule has 2 aromatic heterocycles. The molecule has 57 heavy (non-hydrogen) atoms. The number of carbonyl (C=O) groups is 1. The summed E-state index contributed by atoms with van der Waals surface area (Å²) in [6.07, 6.45) is 9.06. The molecule has 0 fully saturated rings. The fraction of sp³-hybridized carbons (Fsp3) is 0.462. The second kappa shape index (κ2) is 16.1. The van der Waals surface area contributed by atoms with Crippen molar-refractivity contribution in [3.05, 3.63) is 101 Å². The fourth-order valence-electron chi connectivity index (χ4n) is 8.42. The van der Waals surface area contributed by atoms with Crippen LogP contribution in [0.15, 0.2) is 83.1 Å². The van der Waals surface area contributed by atoms with Crippen molar-refractivity contribution in [3.8, 4) is 11.3 Å². The Bertz CT molecular complexity index is 2470. The van der Waals surface area contributed by atoms with Gasteiger partial charge < -0.3 is 9.52 Å². The number of nitrogens with zero attached hydrogens (tertiary/aromatic N) is 1. The van der Waals surface area contributed by atoms with E-state index < -0.39 is 0 Å². The Morgan fingerprint density at radius 1 is 0.754 bits per heavy atom. The first-order chi connectivity index (χ1) is 26.2. The summed E-state index contributed by atoms with van der Waals surface area (Å²) in [6.45, 7) is 28.4. The number of fused-ring (bicyclic) bond motifs is 7. The summed E-state index contributed by atoms with van der Waals surface area (Å²) in [5.74, 6) is 0.286. The van der Waals surface area contributed by atoms with Gasteiger partial charge in [-0.3, -0.25) is 9.78 Å². The minimum absolute atomic E-state index is 0. The second-order valence-electron chi connectivity index (χ2n) is 19.3. The van der Waals surface area contributed by atoms with Crippen molar-refractivity contribution >= 4 is 49.3 Å². The molecule has 1 radical (unpaired) electrons. The van der Waals surface area contributed by atoms with Crippen molar-refractivity contribution < 1.29 is 34.4 Å². The molecule has 0 saturated heterocycles. The standard InChI is InChI=1S/C37H36NO.C15H28O2.Ir/c1-35(2,3)29-19-23(18-22-10-8-9-11-24(22)29)33-25-12-13-26-28-20-30-31(37(6,7)16-15-36(30,4)5)21-32(28)39-34(26)27(25)14-17-38-33;1-7-14(5,8-2)12(16)11-13(17)15(6,9-3)10-4;/h8-14,17,19-21H,15-16H2,1-7H3;11,16H,7-10H2,1-6H3;/q-1;;/b;12-11-;. The van der Waals surface area contributed by atoms with Gasteiger partial charge in [0.05, 0.1) is 0 Å². The van der Waals surface area contributed by atoms with E-state index in [0.29, 0.717) is 0 Å². The van der Waals surface area contributed by atoms with E-state index in [1.807, 2.05) is 47.7 Å². The summed E-state index contributed by atoms with van der Waals surface area (Å²) in [5.41, 5.74) is 7.81. The number of hydrogen-bond donors (Lipinski definition) is 1. The van der Waals surface area contributed by atoms with Gasteiger partial charge in [0.1, 0.15) is 16.9 Å². The Balaban J connectivity index is 0.000000295. The van der Waals surface area contributed by atoms with E-state index in [-0.39, 0.29) is 58.7 Å². The summed E-state index contributed by atoms with van der Waals surface area (Å²) in [5, 5.41) is 17.1. The van der Waals surface area contributed by atoms with Gasteiger partial charge in [0, 0.05) is 65.1 Å². The summed E-state index contributed by atoms with van der Waals surface area (Å²) in [7, 11) is 0. The minimum atomic E-state index is -0.337. The Hall–Kier alpha value is -3.79. The summed E-state index contributed by atoms with van der Waals surface area (Å²) >= 11 is 0. The number of aliphatic hydroxyl groups excluding tert-OH is 1. The van der Waals surface area contributed by atoms with Crippen LogP contribution in [0.5, 0.6) is 0 Å². The average molecular weight is 943 g/mol. The number of rotatable bonds is 8. The average Bonchev–Trinajstić information content (AvgIpc) is 3.56. The van der Waals surface area contributed by atoms with Gasteiger partial charge in [-0.2, -0.15) is 0 Å². The van der Waals surface area contributed by atoms with E-state index in [1.54, 1.807) is 0 Å². The van der Waals surface area contributed by atoms with Crippen molar-refractivity contribution in [3.63, 3.8) is 0 Å². The molecule has 0 atom stereocenters. The van der Waals surface area contributed by atoms with Crippen molar-refractivity contribution in [2.45, 2.75) is 145 Å². The van der Waals surface area contributed by atoms with Gasteiger partial charge in [-0.1, -0.05) is 131 Å². The Labute approximate surface area is 355 Å². The molecule has 305 valence electrons. The molecule has 5 heteroatoms.